The van der Waals surface area contributed by atoms with Crippen molar-refractivity contribution in [2.75, 3.05) is 13.2 Å². The molecule has 0 atom stereocenters. The number of nitrogens with zero attached hydrogens (tertiary/aromatic N) is 1. The zero-order valence-electron chi connectivity index (χ0n) is 10.2. The molecule has 0 spiro atoms. The molecule has 0 amide bonds. The number of rotatable bonds is 5. The van der Waals surface area contributed by atoms with Gasteiger partial charge in [0.25, 0.3) is 0 Å². The van der Waals surface area contributed by atoms with Crippen LogP contribution < -0.4 is 9.47 Å². The minimum atomic E-state index is 0.407. The second-order valence-electron chi connectivity index (χ2n) is 3.76. The van der Waals surface area contributed by atoms with E-state index >= 15 is 0 Å². The first kappa shape index (κ1) is 13.7. The third-order valence-electron chi connectivity index (χ3n) is 2.43. The van der Waals surface area contributed by atoms with Gasteiger partial charge >= 0.3 is 0 Å². The van der Waals surface area contributed by atoms with Crippen LogP contribution in [0.25, 0.3) is 0 Å². The minimum absolute atomic E-state index is 0.407. The molecule has 0 radical (unpaired) electrons. The molecule has 19 heavy (non-hydrogen) atoms. The van der Waals surface area contributed by atoms with Crippen LogP contribution in [0, 0.1) is 14.9 Å². The molecule has 0 aliphatic carbocycles. The van der Waals surface area contributed by atoms with Crippen molar-refractivity contribution in [1.82, 2.24) is 0 Å². The standard InChI is InChI=1S/C15H12INO2/c16-13-5-7-14(8-6-13)18-9-10-19-15-4-2-1-3-12(15)11-17/h1-8H,9-10H2. The van der Waals surface area contributed by atoms with Crippen molar-refractivity contribution in [3.8, 4) is 17.6 Å². The number of benzene rings is 2. The molecule has 2 rings (SSSR count). The zero-order valence-corrected chi connectivity index (χ0v) is 12.3. The third-order valence-corrected chi connectivity index (χ3v) is 3.15. The van der Waals surface area contributed by atoms with Crippen LogP contribution in [0.2, 0.25) is 0 Å². The Bertz CT molecular complexity index is 575. The molecule has 0 aliphatic heterocycles. The molecule has 0 N–H and O–H groups in total. The molecule has 0 saturated heterocycles. The number of nitriles is 1. The summed E-state index contributed by atoms with van der Waals surface area (Å²) in [6, 6.07) is 17.1. The number of ether oxygens (including phenoxy) is 2. The SMILES string of the molecule is N#Cc1ccccc1OCCOc1ccc(I)cc1. The lowest BCUT2D eigenvalue weighted by Gasteiger charge is -2.09. The van der Waals surface area contributed by atoms with Gasteiger partial charge in [-0.25, -0.2) is 0 Å². The molecule has 0 aromatic heterocycles. The number of hydrogen-bond donors (Lipinski definition) is 0. The number of halogens is 1. The lowest BCUT2D eigenvalue weighted by Crippen LogP contribution is -2.09. The first-order valence-electron chi connectivity index (χ1n) is 5.80. The lowest BCUT2D eigenvalue weighted by atomic mass is 10.2. The molecule has 0 aliphatic rings. The van der Waals surface area contributed by atoms with E-state index < -0.39 is 0 Å². The average Bonchev–Trinajstić information content (AvgIpc) is 2.46. The highest BCUT2D eigenvalue weighted by Gasteiger charge is 2.01. The van der Waals surface area contributed by atoms with E-state index in [1.165, 1.54) is 3.57 Å². The predicted molar refractivity (Wildman–Crippen MR) is 81.3 cm³/mol. The topological polar surface area (TPSA) is 42.2 Å². The molecule has 3 nitrogen and oxygen atoms in total. The molecule has 2 aromatic carbocycles. The fraction of sp³-hybridized carbons (Fsp3) is 0.133. The molecule has 96 valence electrons. The Balaban J connectivity index is 1.81. The van der Waals surface area contributed by atoms with Crippen molar-refractivity contribution in [3.05, 3.63) is 57.7 Å². The lowest BCUT2D eigenvalue weighted by molar-refractivity contribution is 0.217. The van der Waals surface area contributed by atoms with Gasteiger partial charge in [-0.3, -0.25) is 0 Å². The van der Waals surface area contributed by atoms with Crippen LogP contribution in [0.5, 0.6) is 11.5 Å². The first-order chi connectivity index (χ1) is 9.29. The van der Waals surface area contributed by atoms with E-state index in [1.54, 1.807) is 12.1 Å². The third kappa shape index (κ3) is 4.14. The first-order valence-corrected chi connectivity index (χ1v) is 6.88. The summed E-state index contributed by atoms with van der Waals surface area (Å²) >= 11 is 2.25. The Kier molecular flexibility index (Phi) is 5.04. The van der Waals surface area contributed by atoms with Gasteiger partial charge in [-0.2, -0.15) is 5.26 Å². The monoisotopic (exact) mass is 365 g/mol. The summed E-state index contributed by atoms with van der Waals surface area (Å²) in [5, 5.41) is 8.92. The summed E-state index contributed by atoms with van der Waals surface area (Å²) in [4.78, 5) is 0. The minimum Gasteiger partial charge on any atom is -0.490 e. The highest BCUT2D eigenvalue weighted by molar-refractivity contribution is 14.1. The van der Waals surface area contributed by atoms with Gasteiger partial charge in [0, 0.05) is 3.57 Å². The largest absolute Gasteiger partial charge is 0.490 e. The normalized spacial score (nSPS) is 9.68. The van der Waals surface area contributed by atoms with Crippen molar-refractivity contribution in [3.63, 3.8) is 0 Å². The van der Waals surface area contributed by atoms with E-state index in [0.29, 0.717) is 24.5 Å². The van der Waals surface area contributed by atoms with Gasteiger partial charge in [0.15, 0.2) is 0 Å². The van der Waals surface area contributed by atoms with Crippen LogP contribution in [-0.2, 0) is 0 Å². The van der Waals surface area contributed by atoms with Crippen molar-refractivity contribution < 1.29 is 9.47 Å². The Hall–Kier alpha value is -1.74. The molecule has 0 fully saturated rings. The average molecular weight is 365 g/mol. The van der Waals surface area contributed by atoms with Crippen molar-refractivity contribution >= 4 is 22.6 Å². The van der Waals surface area contributed by atoms with E-state index in [-0.39, 0.29) is 0 Å². The van der Waals surface area contributed by atoms with Crippen molar-refractivity contribution in [1.29, 1.82) is 5.26 Å². The quantitative estimate of drug-likeness (QED) is 0.601. The highest BCUT2D eigenvalue weighted by Crippen LogP contribution is 2.17. The molecular formula is C15H12INO2. The Labute approximate surface area is 125 Å². The maximum absolute atomic E-state index is 8.92. The Morgan fingerprint density at radius 3 is 2.37 bits per heavy atom. The van der Waals surface area contributed by atoms with Gasteiger partial charge in [0.1, 0.15) is 30.8 Å². The molecule has 0 saturated carbocycles. The zero-order chi connectivity index (χ0) is 13.5. The summed E-state index contributed by atoms with van der Waals surface area (Å²) < 4.78 is 12.2. The van der Waals surface area contributed by atoms with Crippen LogP contribution in [0.15, 0.2) is 48.5 Å². The van der Waals surface area contributed by atoms with E-state index in [4.69, 9.17) is 14.7 Å². The Morgan fingerprint density at radius 2 is 1.63 bits per heavy atom. The van der Waals surface area contributed by atoms with E-state index in [2.05, 4.69) is 28.7 Å². The molecular weight excluding hydrogens is 353 g/mol. The summed E-state index contributed by atoms with van der Waals surface area (Å²) in [6.45, 7) is 0.852. The second kappa shape index (κ2) is 7.00. The fourth-order valence-electron chi connectivity index (χ4n) is 1.53. The van der Waals surface area contributed by atoms with E-state index in [9.17, 15) is 0 Å². The molecule has 4 heteroatoms. The smallest absolute Gasteiger partial charge is 0.137 e. The second-order valence-corrected chi connectivity index (χ2v) is 5.00. The number of para-hydroxylation sites is 1. The maximum atomic E-state index is 8.92. The molecule has 0 heterocycles. The maximum Gasteiger partial charge on any atom is 0.137 e. The summed E-state index contributed by atoms with van der Waals surface area (Å²) in [5.41, 5.74) is 0.539. The van der Waals surface area contributed by atoms with Crippen LogP contribution in [0.1, 0.15) is 5.56 Å². The van der Waals surface area contributed by atoms with Crippen molar-refractivity contribution in [2.45, 2.75) is 0 Å². The van der Waals surface area contributed by atoms with Gasteiger partial charge < -0.3 is 9.47 Å². The van der Waals surface area contributed by atoms with Gasteiger partial charge in [0.2, 0.25) is 0 Å². The molecule has 0 bridgehead atoms. The van der Waals surface area contributed by atoms with Crippen LogP contribution >= 0.6 is 22.6 Å². The van der Waals surface area contributed by atoms with Crippen LogP contribution in [0.3, 0.4) is 0 Å². The molecule has 0 unspecified atom stereocenters. The van der Waals surface area contributed by atoms with E-state index in [0.717, 1.165) is 5.75 Å². The highest BCUT2D eigenvalue weighted by atomic mass is 127. The summed E-state index contributed by atoms with van der Waals surface area (Å²) in [7, 11) is 0. The summed E-state index contributed by atoms with van der Waals surface area (Å²) in [6.07, 6.45) is 0. The fourth-order valence-corrected chi connectivity index (χ4v) is 1.89. The van der Waals surface area contributed by atoms with Crippen molar-refractivity contribution in [2.24, 2.45) is 0 Å². The Morgan fingerprint density at radius 1 is 0.947 bits per heavy atom. The van der Waals surface area contributed by atoms with Gasteiger partial charge in [0.05, 0.1) is 5.56 Å². The van der Waals surface area contributed by atoms with Crippen LogP contribution in [0.4, 0.5) is 0 Å². The van der Waals surface area contributed by atoms with Gasteiger partial charge in [-0.05, 0) is 59.0 Å². The van der Waals surface area contributed by atoms with Crippen LogP contribution in [-0.4, -0.2) is 13.2 Å². The summed E-state index contributed by atoms with van der Waals surface area (Å²) in [5.74, 6) is 1.41. The van der Waals surface area contributed by atoms with E-state index in [1.807, 2.05) is 36.4 Å². The van der Waals surface area contributed by atoms with Gasteiger partial charge in [-0.1, -0.05) is 12.1 Å². The number of hydrogen-bond acceptors (Lipinski definition) is 3. The molecule has 2 aromatic rings. The predicted octanol–water partition coefficient (Wildman–Crippen LogP) is 3.62. The van der Waals surface area contributed by atoms with Gasteiger partial charge in [-0.15, -0.1) is 0 Å².